The van der Waals surface area contributed by atoms with Crippen LogP contribution in [0.4, 0.5) is 0 Å². The Morgan fingerprint density at radius 3 is 1.88 bits per heavy atom. The van der Waals surface area contributed by atoms with Gasteiger partial charge in [-0.2, -0.15) is 0 Å². The maximum absolute atomic E-state index is 5.27. The largest absolute Gasteiger partial charge is 0.322 e. The summed E-state index contributed by atoms with van der Waals surface area (Å²) in [5.41, 5.74) is 10.5. The number of rotatable bonds is 4. The summed E-state index contributed by atoms with van der Waals surface area (Å²) in [6, 6.07) is 0. The van der Waals surface area contributed by atoms with Crippen LogP contribution < -0.4 is 11.5 Å². The normalized spacial score (nSPS) is 10.5. The summed E-state index contributed by atoms with van der Waals surface area (Å²) in [4.78, 5) is 0. The van der Waals surface area contributed by atoms with Crippen molar-refractivity contribution in [3.05, 3.63) is 0 Å². The fourth-order valence-electron chi connectivity index (χ4n) is 0.319. The summed E-state index contributed by atoms with van der Waals surface area (Å²) in [6.45, 7) is 2.11. The summed E-state index contributed by atoms with van der Waals surface area (Å²) in [5, 5.41) is 0. The maximum Gasteiger partial charge on any atom is 0.0499 e. The first kappa shape index (κ1) is 8.62. The van der Waals surface area contributed by atoms with E-state index in [9.17, 15) is 0 Å². The van der Waals surface area contributed by atoms with Gasteiger partial charge in [0.25, 0.3) is 0 Å². The summed E-state index contributed by atoms with van der Waals surface area (Å²) >= 11 is 3.43. The van der Waals surface area contributed by atoms with Crippen LogP contribution >= 0.6 is 23.5 Å². The van der Waals surface area contributed by atoms with Crippen LogP contribution in [0.25, 0.3) is 0 Å². The smallest absolute Gasteiger partial charge is 0.0499 e. The Bertz CT molecular complexity index is 45.3. The van der Waals surface area contributed by atoms with Crippen LogP contribution in [0.2, 0.25) is 0 Å². The Balaban J connectivity index is 2.92. The summed E-state index contributed by atoms with van der Waals surface area (Å²) < 4.78 is 0.546. The lowest BCUT2D eigenvalue weighted by atomic mass is 11.0. The molecule has 0 atom stereocenters. The number of hydrogen-bond acceptors (Lipinski definition) is 4. The highest BCUT2D eigenvalue weighted by Crippen LogP contribution is 2.19. The van der Waals surface area contributed by atoms with E-state index < -0.39 is 0 Å². The van der Waals surface area contributed by atoms with E-state index in [-0.39, 0.29) is 0 Å². The molecule has 4 heteroatoms. The van der Waals surface area contributed by atoms with Gasteiger partial charge in [-0.05, 0) is 6.92 Å². The van der Waals surface area contributed by atoms with Gasteiger partial charge in [-0.15, -0.1) is 23.5 Å². The summed E-state index contributed by atoms with van der Waals surface area (Å²) in [5.74, 6) is 1.38. The van der Waals surface area contributed by atoms with Gasteiger partial charge in [0.15, 0.2) is 0 Å². The number of nitrogens with two attached hydrogens (primary N) is 2. The molecule has 0 unspecified atom stereocenters. The van der Waals surface area contributed by atoms with Crippen LogP contribution in [0.15, 0.2) is 0 Å². The van der Waals surface area contributed by atoms with Gasteiger partial charge < -0.3 is 11.5 Å². The molecule has 0 spiro atoms. The zero-order valence-corrected chi connectivity index (χ0v) is 6.60. The Morgan fingerprint density at radius 1 is 1.25 bits per heavy atom. The minimum atomic E-state index is 0.546. The first-order valence-corrected chi connectivity index (χ1v) is 4.54. The molecule has 0 aromatic rings. The molecule has 2 nitrogen and oxygen atoms in total. The predicted molar refractivity (Wildman–Crippen MR) is 42.8 cm³/mol. The molecule has 0 bridgehead atoms. The average Bonchev–Trinajstić information content (AvgIpc) is 1.68. The molecule has 0 fully saturated rings. The first-order chi connectivity index (χ1) is 3.81. The van der Waals surface area contributed by atoms with Gasteiger partial charge in [-0.3, -0.25) is 0 Å². The summed E-state index contributed by atoms with van der Waals surface area (Å²) in [7, 11) is 0. The molecule has 0 aliphatic carbocycles. The minimum Gasteiger partial charge on any atom is -0.322 e. The van der Waals surface area contributed by atoms with Crippen LogP contribution in [0.1, 0.15) is 6.92 Å². The third-order valence-electron chi connectivity index (χ3n) is 0.662. The van der Waals surface area contributed by atoms with Crippen molar-refractivity contribution < 1.29 is 0 Å². The van der Waals surface area contributed by atoms with Crippen LogP contribution in [0, 0.1) is 0 Å². The molecule has 0 heterocycles. The molecule has 0 radical (unpaired) electrons. The van der Waals surface area contributed by atoms with Crippen molar-refractivity contribution in [1.82, 2.24) is 0 Å². The topological polar surface area (TPSA) is 52.0 Å². The van der Waals surface area contributed by atoms with E-state index in [1.807, 2.05) is 0 Å². The summed E-state index contributed by atoms with van der Waals surface area (Å²) in [6.07, 6.45) is 0. The fraction of sp³-hybridized carbons (Fsp3) is 1.00. The van der Waals surface area contributed by atoms with Gasteiger partial charge in [-0.1, -0.05) is 0 Å². The predicted octanol–water partition coefficient (Wildman–Crippen LogP) is 0.631. The monoisotopic (exact) mass is 152 g/mol. The van der Waals surface area contributed by atoms with Crippen LogP contribution in [0.5, 0.6) is 0 Å². The maximum atomic E-state index is 5.27. The third-order valence-corrected chi connectivity index (χ3v) is 2.80. The van der Waals surface area contributed by atoms with Crippen molar-refractivity contribution in [3.8, 4) is 0 Å². The zero-order valence-electron chi connectivity index (χ0n) is 4.96. The highest BCUT2D eigenvalue weighted by Gasteiger charge is 1.96. The Hall–Kier alpha value is 0.620. The van der Waals surface area contributed by atoms with E-state index in [0.29, 0.717) is 16.3 Å². The molecule has 0 aliphatic heterocycles. The molecule has 8 heavy (non-hydrogen) atoms. The van der Waals surface area contributed by atoms with Crippen LogP contribution in [-0.2, 0) is 0 Å². The van der Waals surface area contributed by atoms with E-state index >= 15 is 0 Å². The second-order valence-electron chi connectivity index (χ2n) is 1.23. The molecule has 0 aromatic carbocycles. The molecule has 4 N–H and O–H groups in total. The Morgan fingerprint density at radius 2 is 1.62 bits per heavy atom. The fourth-order valence-corrected chi connectivity index (χ4v) is 1.72. The highest BCUT2D eigenvalue weighted by molar-refractivity contribution is 8.16. The third kappa shape index (κ3) is 4.77. The van der Waals surface area contributed by atoms with Gasteiger partial charge in [-0.25, -0.2) is 0 Å². The Kier molecular flexibility index (Phi) is 6.20. The van der Waals surface area contributed by atoms with Crippen LogP contribution in [0.3, 0.4) is 0 Å². The lowest BCUT2D eigenvalue weighted by molar-refractivity contribution is 1.32. The van der Waals surface area contributed by atoms with Gasteiger partial charge in [0.2, 0.25) is 0 Å². The SMILES string of the molecule is CC(SCN)SCN. The molecule has 0 rings (SSSR count). The van der Waals surface area contributed by atoms with Crippen molar-refractivity contribution in [2.75, 3.05) is 11.8 Å². The molecular weight excluding hydrogens is 140 g/mol. The molecule has 0 saturated heterocycles. The van der Waals surface area contributed by atoms with Crippen LogP contribution in [-0.4, -0.2) is 16.3 Å². The molecule has 0 amide bonds. The van der Waals surface area contributed by atoms with Crippen molar-refractivity contribution in [3.63, 3.8) is 0 Å². The molecule has 0 aromatic heterocycles. The second-order valence-corrected chi connectivity index (χ2v) is 4.28. The van der Waals surface area contributed by atoms with E-state index in [1.54, 1.807) is 23.5 Å². The van der Waals surface area contributed by atoms with Gasteiger partial charge in [0.05, 0.1) is 0 Å². The molecule has 0 aliphatic rings. The van der Waals surface area contributed by atoms with E-state index in [4.69, 9.17) is 11.5 Å². The average molecular weight is 152 g/mol. The quantitative estimate of drug-likeness (QED) is 0.580. The van der Waals surface area contributed by atoms with Crippen molar-refractivity contribution in [1.29, 1.82) is 0 Å². The first-order valence-electron chi connectivity index (χ1n) is 2.44. The highest BCUT2D eigenvalue weighted by atomic mass is 32.2. The minimum absolute atomic E-state index is 0.546. The second kappa shape index (κ2) is 5.75. The lowest BCUT2D eigenvalue weighted by Gasteiger charge is -2.05. The lowest BCUT2D eigenvalue weighted by Crippen LogP contribution is -2.03. The molecule has 50 valence electrons. The molecule has 0 saturated carbocycles. The Labute approximate surface area is 58.8 Å². The van der Waals surface area contributed by atoms with Gasteiger partial charge in [0.1, 0.15) is 0 Å². The number of hydrogen-bond donors (Lipinski definition) is 2. The number of thioether (sulfide) groups is 2. The van der Waals surface area contributed by atoms with Gasteiger partial charge >= 0.3 is 0 Å². The van der Waals surface area contributed by atoms with E-state index in [0.717, 1.165) is 0 Å². The van der Waals surface area contributed by atoms with Crippen molar-refractivity contribution >= 4 is 23.5 Å². The van der Waals surface area contributed by atoms with E-state index in [1.165, 1.54) is 0 Å². The van der Waals surface area contributed by atoms with Crippen molar-refractivity contribution in [2.45, 2.75) is 11.5 Å². The zero-order chi connectivity index (χ0) is 6.41. The van der Waals surface area contributed by atoms with Crippen molar-refractivity contribution in [2.24, 2.45) is 11.5 Å². The van der Waals surface area contributed by atoms with Gasteiger partial charge in [0, 0.05) is 16.3 Å². The standard InChI is InChI=1S/C4H12N2S2/c1-4(7-2-5)8-3-6/h4H,2-3,5-6H2,1H3. The van der Waals surface area contributed by atoms with E-state index in [2.05, 4.69) is 6.92 Å². The molecular formula is C4H12N2S2.